The van der Waals surface area contributed by atoms with Crippen LogP contribution >= 0.6 is 0 Å². The van der Waals surface area contributed by atoms with Gasteiger partial charge in [-0.1, -0.05) is 29.8 Å². The van der Waals surface area contributed by atoms with Crippen molar-refractivity contribution in [2.24, 2.45) is 5.10 Å². The van der Waals surface area contributed by atoms with Crippen molar-refractivity contribution in [3.05, 3.63) is 101 Å². The molecule has 1 N–H and O–H groups in total. The molecule has 34 heavy (non-hydrogen) atoms. The molecular formula is C28H31N5O. The Kier molecular flexibility index (Phi) is 7.18. The van der Waals surface area contributed by atoms with E-state index < -0.39 is 0 Å². The molecule has 174 valence electrons. The summed E-state index contributed by atoms with van der Waals surface area (Å²) in [6.45, 7) is 6.88. The zero-order valence-electron chi connectivity index (χ0n) is 20.2. The SMILES string of the molecule is CC(O)c1ccncc1.Cc1ccc(C)c(Cn2cnc3ccc(C4=CN(C)N=CC4)cc32)c1. The number of nitrogens with zero attached hydrogens (tertiary/aromatic N) is 5. The molecule has 0 radical (unpaired) electrons. The van der Waals surface area contributed by atoms with Crippen molar-refractivity contribution in [1.29, 1.82) is 0 Å². The molecular weight excluding hydrogens is 422 g/mol. The van der Waals surface area contributed by atoms with Gasteiger partial charge < -0.3 is 9.67 Å². The molecule has 2 aromatic heterocycles. The molecule has 3 heterocycles. The molecule has 1 aliphatic heterocycles. The summed E-state index contributed by atoms with van der Waals surface area (Å²) < 4.78 is 2.24. The third-order valence-corrected chi connectivity index (χ3v) is 5.94. The maximum atomic E-state index is 9.00. The molecule has 6 nitrogen and oxygen atoms in total. The van der Waals surface area contributed by atoms with Crippen LogP contribution in [0.3, 0.4) is 0 Å². The molecule has 0 bridgehead atoms. The van der Waals surface area contributed by atoms with Gasteiger partial charge in [-0.15, -0.1) is 0 Å². The molecule has 1 aliphatic rings. The second kappa shape index (κ2) is 10.4. The van der Waals surface area contributed by atoms with E-state index in [4.69, 9.17) is 5.11 Å². The van der Waals surface area contributed by atoms with Crippen molar-refractivity contribution in [2.75, 3.05) is 7.05 Å². The summed E-state index contributed by atoms with van der Waals surface area (Å²) in [7, 11) is 1.96. The van der Waals surface area contributed by atoms with E-state index in [9.17, 15) is 0 Å². The van der Waals surface area contributed by atoms with Crippen molar-refractivity contribution in [3.8, 4) is 0 Å². The summed E-state index contributed by atoms with van der Waals surface area (Å²) >= 11 is 0. The van der Waals surface area contributed by atoms with Gasteiger partial charge in [0.25, 0.3) is 0 Å². The van der Waals surface area contributed by atoms with Crippen molar-refractivity contribution >= 4 is 22.8 Å². The highest BCUT2D eigenvalue weighted by atomic mass is 16.3. The zero-order chi connectivity index (χ0) is 24.1. The van der Waals surface area contributed by atoms with E-state index >= 15 is 0 Å². The molecule has 0 aliphatic carbocycles. The first-order chi connectivity index (χ1) is 16.4. The molecule has 1 unspecified atom stereocenters. The highest BCUT2D eigenvalue weighted by molar-refractivity contribution is 5.86. The number of pyridine rings is 1. The normalized spacial score (nSPS) is 13.9. The second-order valence-electron chi connectivity index (χ2n) is 8.69. The first kappa shape index (κ1) is 23.4. The van der Waals surface area contributed by atoms with Gasteiger partial charge in [0.1, 0.15) is 0 Å². The number of aliphatic hydroxyl groups excluding tert-OH is 1. The number of hydrogen-bond donors (Lipinski definition) is 1. The third kappa shape index (κ3) is 5.58. The monoisotopic (exact) mass is 453 g/mol. The molecule has 2 aromatic carbocycles. The standard InChI is InChI=1S/C21H22N4.C7H9NO/c1-15-4-5-16(2)19(10-15)13-25-14-22-20-7-6-17(11-21(20)25)18-8-9-23-24(3)12-18;1-6(9)7-2-4-8-5-3-7/h4-7,9-12,14H,8,13H2,1-3H3;2-6,9H,1H3. The van der Waals surface area contributed by atoms with E-state index in [1.165, 1.54) is 33.3 Å². The number of aliphatic hydroxyl groups is 1. The summed E-state index contributed by atoms with van der Waals surface area (Å²) in [6, 6.07) is 16.7. The molecule has 0 fully saturated rings. The van der Waals surface area contributed by atoms with E-state index in [0.29, 0.717) is 0 Å². The predicted molar refractivity (Wildman–Crippen MR) is 138 cm³/mol. The van der Waals surface area contributed by atoms with E-state index in [1.54, 1.807) is 31.5 Å². The first-order valence-electron chi connectivity index (χ1n) is 11.5. The highest BCUT2D eigenvalue weighted by Crippen LogP contribution is 2.25. The maximum absolute atomic E-state index is 9.00. The summed E-state index contributed by atoms with van der Waals surface area (Å²) in [5, 5.41) is 15.1. The molecule has 0 saturated heterocycles. The van der Waals surface area contributed by atoms with Gasteiger partial charge in [0, 0.05) is 44.8 Å². The lowest BCUT2D eigenvalue weighted by molar-refractivity contribution is 0.199. The number of hydrogen-bond acceptors (Lipinski definition) is 5. The summed E-state index contributed by atoms with van der Waals surface area (Å²) in [6.07, 6.45) is 9.80. The van der Waals surface area contributed by atoms with Crippen molar-refractivity contribution in [1.82, 2.24) is 19.5 Å². The minimum atomic E-state index is -0.381. The maximum Gasteiger partial charge on any atom is 0.0961 e. The van der Waals surface area contributed by atoms with Gasteiger partial charge >= 0.3 is 0 Å². The Bertz CT molecular complexity index is 1320. The molecule has 0 saturated carbocycles. The number of fused-ring (bicyclic) bond motifs is 1. The largest absolute Gasteiger partial charge is 0.389 e. The van der Waals surface area contributed by atoms with Gasteiger partial charge in [-0.3, -0.25) is 9.99 Å². The van der Waals surface area contributed by atoms with Gasteiger partial charge in [-0.2, -0.15) is 5.10 Å². The lowest BCUT2D eigenvalue weighted by Crippen LogP contribution is -2.08. The number of hydrazone groups is 1. The van der Waals surface area contributed by atoms with Crippen LogP contribution in [0.4, 0.5) is 0 Å². The number of rotatable bonds is 4. The first-order valence-corrected chi connectivity index (χ1v) is 11.5. The van der Waals surface area contributed by atoms with Crippen LogP contribution in [-0.4, -0.2) is 37.9 Å². The second-order valence-corrected chi connectivity index (χ2v) is 8.69. The summed E-state index contributed by atoms with van der Waals surface area (Å²) in [5.41, 5.74) is 9.57. The van der Waals surface area contributed by atoms with Crippen LogP contribution in [0.1, 0.15) is 47.3 Å². The number of benzene rings is 2. The Hall–Kier alpha value is -3.77. The number of aryl methyl sites for hydroxylation is 2. The van der Waals surface area contributed by atoms with E-state index in [0.717, 1.165) is 24.0 Å². The smallest absolute Gasteiger partial charge is 0.0961 e. The van der Waals surface area contributed by atoms with Gasteiger partial charge in [0.2, 0.25) is 0 Å². The number of aromatic nitrogens is 3. The Morgan fingerprint density at radius 1 is 1.03 bits per heavy atom. The fraction of sp³-hybridized carbons (Fsp3) is 0.250. The van der Waals surface area contributed by atoms with Crippen molar-refractivity contribution in [3.63, 3.8) is 0 Å². The molecule has 0 spiro atoms. The van der Waals surface area contributed by atoms with Crippen LogP contribution in [0.5, 0.6) is 0 Å². The zero-order valence-corrected chi connectivity index (χ0v) is 20.2. The highest BCUT2D eigenvalue weighted by Gasteiger charge is 2.10. The Morgan fingerprint density at radius 3 is 2.53 bits per heavy atom. The quantitative estimate of drug-likeness (QED) is 0.443. The van der Waals surface area contributed by atoms with Crippen LogP contribution in [0.2, 0.25) is 0 Å². The number of imidazole rings is 1. The summed E-state index contributed by atoms with van der Waals surface area (Å²) in [5.74, 6) is 0. The fourth-order valence-corrected chi connectivity index (χ4v) is 3.95. The number of allylic oxidation sites excluding steroid dienone is 1. The third-order valence-electron chi connectivity index (χ3n) is 5.94. The molecule has 0 amide bonds. The van der Waals surface area contributed by atoms with Crippen LogP contribution in [0.15, 0.2) is 78.6 Å². The lowest BCUT2D eigenvalue weighted by Gasteiger charge is -2.16. The van der Waals surface area contributed by atoms with Crippen molar-refractivity contribution < 1.29 is 5.11 Å². The van der Waals surface area contributed by atoms with Gasteiger partial charge in [-0.05, 0) is 72.9 Å². The Balaban J connectivity index is 0.000000257. The predicted octanol–water partition coefficient (Wildman–Crippen LogP) is 5.50. The van der Waals surface area contributed by atoms with Crippen LogP contribution in [0, 0.1) is 13.8 Å². The van der Waals surface area contributed by atoms with Crippen molar-refractivity contribution in [2.45, 2.75) is 39.8 Å². The van der Waals surface area contributed by atoms with Crippen LogP contribution in [-0.2, 0) is 6.54 Å². The van der Waals surface area contributed by atoms with E-state index in [-0.39, 0.29) is 6.10 Å². The van der Waals surface area contributed by atoms with Crippen LogP contribution in [0.25, 0.3) is 16.6 Å². The average Bonchev–Trinajstić information content (AvgIpc) is 3.24. The lowest BCUT2D eigenvalue weighted by atomic mass is 10.0. The topological polar surface area (TPSA) is 66.5 Å². The molecule has 1 atom stereocenters. The van der Waals surface area contributed by atoms with Gasteiger partial charge in [-0.25, -0.2) is 4.98 Å². The minimum absolute atomic E-state index is 0.381. The fourth-order valence-electron chi connectivity index (χ4n) is 3.95. The average molecular weight is 454 g/mol. The van der Waals surface area contributed by atoms with Crippen LogP contribution < -0.4 is 0 Å². The minimum Gasteiger partial charge on any atom is -0.389 e. The van der Waals surface area contributed by atoms with E-state index in [2.05, 4.69) is 76.1 Å². The summed E-state index contributed by atoms with van der Waals surface area (Å²) in [4.78, 5) is 8.39. The Morgan fingerprint density at radius 2 is 1.82 bits per heavy atom. The molecule has 5 rings (SSSR count). The Labute approximate surface area is 200 Å². The van der Waals surface area contributed by atoms with Gasteiger partial charge in [0.15, 0.2) is 0 Å². The van der Waals surface area contributed by atoms with E-state index in [1.807, 2.05) is 24.6 Å². The van der Waals surface area contributed by atoms with Gasteiger partial charge in [0.05, 0.1) is 23.5 Å². The molecule has 4 aromatic rings. The molecule has 6 heteroatoms.